The second-order valence-corrected chi connectivity index (χ2v) is 6.01. The van der Waals surface area contributed by atoms with Crippen LogP contribution in [-0.4, -0.2) is 20.1 Å². The number of carbonyl (C=O) groups is 1. The molecule has 2 aromatic carbocycles. The molecule has 0 bridgehead atoms. The van der Waals surface area contributed by atoms with E-state index < -0.39 is 21.6 Å². The van der Waals surface area contributed by atoms with Crippen LogP contribution in [0.5, 0.6) is 11.5 Å². The van der Waals surface area contributed by atoms with Crippen molar-refractivity contribution >= 4 is 15.8 Å². The predicted molar refractivity (Wildman–Crippen MR) is 70.0 cm³/mol. The molecule has 0 aliphatic carbocycles. The van der Waals surface area contributed by atoms with Crippen molar-refractivity contribution < 1.29 is 23.1 Å². The first-order valence-corrected chi connectivity index (χ1v) is 7.38. The molecule has 0 saturated heterocycles. The van der Waals surface area contributed by atoms with E-state index >= 15 is 0 Å². The smallest absolute Gasteiger partial charge is 0.183 e. The highest BCUT2D eigenvalue weighted by atomic mass is 32.2. The fourth-order valence-corrected chi connectivity index (χ4v) is 2.61. The highest BCUT2D eigenvalue weighted by molar-refractivity contribution is 7.92. The Bertz CT molecular complexity index is 690. The molecule has 2 aromatic rings. The molecule has 0 N–H and O–H groups in total. The van der Waals surface area contributed by atoms with E-state index in [1.54, 1.807) is 12.1 Å². The summed E-state index contributed by atoms with van der Waals surface area (Å²) in [6.45, 7) is 0. The van der Waals surface area contributed by atoms with E-state index in [4.69, 9.17) is 4.74 Å². The molecule has 0 radical (unpaired) electrons. The van der Waals surface area contributed by atoms with Crippen LogP contribution in [0.15, 0.2) is 59.5 Å². The summed E-state index contributed by atoms with van der Waals surface area (Å²) in [7, 11) is -3.87. The van der Waals surface area contributed by atoms with Crippen molar-refractivity contribution in [2.75, 3.05) is 5.75 Å². The molecule has 0 unspecified atom stereocenters. The Morgan fingerprint density at radius 2 is 1.50 bits per heavy atom. The molecular weight excluding hydrogens is 280 g/mol. The van der Waals surface area contributed by atoms with Crippen molar-refractivity contribution in [1.82, 2.24) is 0 Å². The van der Waals surface area contributed by atoms with Crippen LogP contribution < -0.4 is 9.84 Å². The standard InChI is InChI=1S/C14H12O5S/c15-14(16)10-20(17,18)13-8-6-12(7-9-13)19-11-4-2-1-3-5-11/h1-9H,10H2,(H,15,16)/p-1. The summed E-state index contributed by atoms with van der Waals surface area (Å²) < 4.78 is 28.8. The van der Waals surface area contributed by atoms with Crippen LogP contribution in [0, 0.1) is 0 Å². The zero-order chi connectivity index (χ0) is 14.6. The van der Waals surface area contributed by atoms with Crippen LogP contribution in [0.2, 0.25) is 0 Å². The molecule has 0 aromatic heterocycles. The summed E-state index contributed by atoms with van der Waals surface area (Å²) in [5.74, 6) is -1.58. The molecule has 0 spiro atoms. The third kappa shape index (κ3) is 3.58. The number of rotatable bonds is 5. The fourth-order valence-electron chi connectivity index (χ4n) is 1.58. The van der Waals surface area contributed by atoms with Gasteiger partial charge in [0.05, 0.1) is 16.6 Å². The summed E-state index contributed by atoms with van der Waals surface area (Å²) in [4.78, 5) is 10.3. The zero-order valence-corrected chi connectivity index (χ0v) is 11.2. The third-order valence-electron chi connectivity index (χ3n) is 2.47. The van der Waals surface area contributed by atoms with Crippen LogP contribution in [0.1, 0.15) is 0 Å². The van der Waals surface area contributed by atoms with E-state index in [2.05, 4.69) is 0 Å². The van der Waals surface area contributed by atoms with Crippen LogP contribution in [0.4, 0.5) is 0 Å². The lowest BCUT2D eigenvalue weighted by Crippen LogP contribution is -2.30. The Morgan fingerprint density at radius 1 is 0.950 bits per heavy atom. The van der Waals surface area contributed by atoms with Crippen molar-refractivity contribution in [1.29, 1.82) is 0 Å². The normalized spacial score (nSPS) is 11.0. The van der Waals surface area contributed by atoms with Crippen molar-refractivity contribution in [3.63, 3.8) is 0 Å². The highest BCUT2D eigenvalue weighted by Gasteiger charge is 2.14. The van der Waals surface area contributed by atoms with Gasteiger partial charge in [0.2, 0.25) is 0 Å². The minimum Gasteiger partial charge on any atom is -0.549 e. The molecule has 0 saturated carbocycles. The van der Waals surface area contributed by atoms with Crippen LogP contribution in [-0.2, 0) is 14.6 Å². The van der Waals surface area contributed by atoms with Gasteiger partial charge in [-0.2, -0.15) is 0 Å². The average Bonchev–Trinajstić information content (AvgIpc) is 2.39. The zero-order valence-electron chi connectivity index (χ0n) is 10.4. The summed E-state index contributed by atoms with van der Waals surface area (Å²) in [5, 5.41) is 10.4. The molecule has 5 nitrogen and oxygen atoms in total. The van der Waals surface area contributed by atoms with Gasteiger partial charge in [-0.05, 0) is 36.4 Å². The molecule has 6 heteroatoms. The van der Waals surface area contributed by atoms with E-state index in [0.717, 1.165) is 0 Å². The number of sulfone groups is 1. The molecule has 0 aliphatic heterocycles. The lowest BCUT2D eigenvalue weighted by Gasteiger charge is -2.08. The third-order valence-corrected chi connectivity index (χ3v) is 4.08. The van der Waals surface area contributed by atoms with E-state index in [0.29, 0.717) is 11.5 Å². The Balaban J connectivity index is 2.16. The van der Waals surface area contributed by atoms with Gasteiger partial charge in [0.1, 0.15) is 11.5 Å². The number of para-hydroxylation sites is 1. The molecule has 0 atom stereocenters. The van der Waals surface area contributed by atoms with Crippen LogP contribution >= 0.6 is 0 Å². The maximum absolute atomic E-state index is 11.7. The molecular formula is C14H11O5S-. The first-order chi connectivity index (χ1) is 9.47. The van der Waals surface area contributed by atoms with Gasteiger partial charge in [-0.1, -0.05) is 18.2 Å². The van der Waals surface area contributed by atoms with Gasteiger partial charge in [-0.15, -0.1) is 0 Å². The predicted octanol–water partition coefficient (Wildman–Crippen LogP) is 1.00. The van der Waals surface area contributed by atoms with E-state index in [-0.39, 0.29) is 4.90 Å². The summed E-state index contributed by atoms with van der Waals surface area (Å²) in [6.07, 6.45) is 0. The van der Waals surface area contributed by atoms with Gasteiger partial charge >= 0.3 is 0 Å². The number of carbonyl (C=O) groups excluding carboxylic acids is 1. The summed E-state index contributed by atoms with van der Waals surface area (Å²) >= 11 is 0. The number of benzene rings is 2. The first-order valence-electron chi connectivity index (χ1n) is 5.73. The summed E-state index contributed by atoms with van der Waals surface area (Å²) in [5.41, 5.74) is 0. The van der Waals surface area contributed by atoms with Gasteiger partial charge in [0.25, 0.3) is 0 Å². The molecule has 0 heterocycles. The van der Waals surface area contributed by atoms with E-state index in [9.17, 15) is 18.3 Å². The first kappa shape index (κ1) is 14.1. The van der Waals surface area contributed by atoms with Gasteiger partial charge in [0.15, 0.2) is 9.84 Å². The average molecular weight is 291 g/mol. The Hall–Kier alpha value is -2.34. The maximum atomic E-state index is 11.7. The topological polar surface area (TPSA) is 83.5 Å². The van der Waals surface area contributed by atoms with Crippen molar-refractivity contribution in [3.05, 3.63) is 54.6 Å². The quantitative estimate of drug-likeness (QED) is 0.820. The maximum Gasteiger partial charge on any atom is 0.183 e. The molecule has 2 rings (SSSR count). The number of hydrogen-bond donors (Lipinski definition) is 0. The van der Waals surface area contributed by atoms with Crippen molar-refractivity contribution in [3.8, 4) is 11.5 Å². The molecule has 0 aliphatic rings. The van der Waals surface area contributed by atoms with E-state index in [1.165, 1.54) is 24.3 Å². The van der Waals surface area contributed by atoms with Gasteiger partial charge in [-0.25, -0.2) is 8.42 Å². The van der Waals surface area contributed by atoms with Crippen LogP contribution in [0.25, 0.3) is 0 Å². The Labute approximate surface area is 116 Å². The number of carboxylic acid groups (broad SMARTS) is 1. The monoisotopic (exact) mass is 291 g/mol. The molecule has 0 fully saturated rings. The second-order valence-electron chi connectivity index (χ2n) is 4.02. The van der Waals surface area contributed by atoms with Crippen molar-refractivity contribution in [2.45, 2.75) is 4.90 Å². The number of carboxylic acids is 1. The fraction of sp³-hybridized carbons (Fsp3) is 0.0714. The lowest BCUT2D eigenvalue weighted by atomic mass is 10.3. The van der Waals surface area contributed by atoms with Gasteiger partial charge in [-0.3, -0.25) is 0 Å². The molecule has 20 heavy (non-hydrogen) atoms. The number of aliphatic carboxylic acids is 1. The Kier molecular flexibility index (Phi) is 4.05. The number of hydrogen-bond acceptors (Lipinski definition) is 5. The summed E-state index contributed by atoms with van der Waals surface area (Å²) in [6, 6.07) is 14.5. The molecule has 104 valence electrons. The van der Waals surface area contributed by atoms with Gasteiger partial charge in [0, 0.05) is 0 Å². The Morgan fingerprint density at radius 3 is 2.05 bits per heavy atom. The minimum atomic E-state index is -3.87. The van der Waals surface area contributed by atoms with Gasteiger partial charge < -0.3 is 14.6 Å². The highest BCUT2D eigenvalue weighted by Crippen LogP contribution is 2.22. The second kappa shape index (κ2) is 5.75. The largest absolute Gasteiger partial charge is 0.549 e. The SMILES string of the molecule is O=C([O-])CS(=O)(=O)c1ccc(Oc2ccccc2)cc1. The van der Waals surface area contributed by atoms with Crippen molar-refractivity contribution in [2.24, 2.45) is 0 Å². The lowest BCUT2D eigenvalue weighted by molar-refractivity contribution is -0.301. The number of ether oxygens (including phenoxy) is 1. The molecule has 0 amide bonds. The minimum absolute atomic E-state index is 0.0814. The van der Waals surface area contributed by atoms with Crippen LogP contribution in [0.3, 0.4) is 0 Å². The van der Waals surface area contributed by atoms with E-state index in [1.807, 2.05) is 18.2 Å².